The zero-order chi connectivity index (χ0) is 20.2. The van der Waals surface area contributed by atoms with E-state index in [1.54, 1.807) is 13.2 Å². The van der Waals surface area contributed by atoms with Crippen LogP contribution in [0.3, 0.4) is 0 Å². The number of ether oxygens (including phenoxy) is 1. The highest BCUT2D eigenvalue weighted by Crippen LogP contribution is 2.47. The molecule has 0 saturated carbocycles. The molecular weight excluding hydrogens is 369 g/mol. The van der Waals surface area contributed by atoms with Crippen LogP contribution < -0.4 is 10.1 Å². The first-order valence-electron chi connectivity index (χ1n) is 10.0. The number of hydrogen-bond acceptors (Lipinski definition) is 4. The Labute approximate surface area is 169 Å². The molecule has 0 radical (unpaired) electrons. The van der Waals surface area contributed by atoms with E-state index in [0.717, 1.165) is 42.2 Å². The van der Waals surface area contributed by atoms with E-state index in [9.17, 15) is 9.50 Å². The monoisotopic (exact) mass is 395 g/mol. The molecule has 1 spiro atoms. The molecule has 5 rings (SSSR count). The van der Waals surface area contributed by atoms with Gasteiger partial charge in [0.05, 0.1) is 25.3 Å². The number of aryl methyl sites for hydroxylation is 1. The second-order valence-corrected chi connectivity index (χ2v) is 8.34. The molecule has 3 heterocycles. The highest BCUT2D eigenvalue weighted by molar-refractivity contribution is 5.89. The minimum atomic E-state index is -0.145. The van der Waals surface area contributed by atoms with Crippen molar-refractivity contribution < 1.29 is 14.2 Å². The lowest BCUT2D eigenvalue weighted by atomic mass is 9.69. The Balaban J connectivity index is 1.53. The van der Waals surface area contributed by atoms with Crippen molar-refractivity contribution in [1.29, 1.82) is 0 Å². The van der Waals surface area contributed by atoms with Crippen molar-refractivity contribution in [3.05, 3.63) is 65.1 Å². The van der Waals surface area contributed by atoms with E-state index in [-0.39, 0.29) is 23.9 Å². The number of hydrogen-bond donors (Lipinski definition) is 2. The van der Waals surface area contributed by atoms with Crippen molar-refractivity contribution in [2.75, 3.05) is 33.4 Å². The molecule has 2 aromatic carbocycles. The highest BCUT2D eigenvalue weighted by Gasteiger charge is 2.50. The third-order valence-electron chi connectivity index (χ3n) is 6.59. The fraction of sp³-hybridized carbons (Fsp3) is 0.391. The second kappa shape index (κ2) is 6.83. The zero-order valence-corrected chi connectivity index (χ0v) is 16.8. The average Bonchev–Trinajstić information content (AvgIpc) is 3.01. The van der Waals surface area contributed by atoms with Crippen LogP contribution in [0.4, 0.5) is 4.39 Å². The van der Waals surface area contributed by atoms with Gasteiger partial charge in [-0.05, 0) is 23.8 Å². The number of rotatable bonds is 4. The number of benzene rings is 2. The zero-order valence-electron chi connectivity index (χ0n) is 16.8. The Morgan fingerprint density at radius 2 is 2.03 bits per heavy atom. The van der Waals surface area contributed by atoms with Gasteiger partial charge in [-0.3, -0.25) is 4.90 Å². The number of aliphatic hydroxyl groups excluding tert-OH is 1. The van der Waals surface area contributed by atoms with E-state index in [0.29, 0.717) is 6.54 Å². The summed E-state index contributed by atoms with van der Waals surface area (Å²) >= 11 is 0. The van der Waals surface area contributed by atoms with Crippen molar-refractivity contribution in [3.8, 4) is 5.75 Å². The van der Waals surface area contributed by atoms with Crippen LogP contribution in [-0.2, 0) is 19.0 Å². The van der Waals surface area contributed by atoms with E-state index in [2.05, 4.69) is 34.0 Å². The van der Waals surface area contributed by atoms with Crippen LogP contribution in [0.15, 0.2) is 42.5 Å². The van der Waals surface area contributed by atoms with Gasteiger partial charge in [0.25, 0.3) is 0 Å². The van der Waals surface area contributed by atoms with Gasteiger partial charge in [-0.2, -0.15) is 0 Å². The standard InChI is InChI=1S/C23H26FN3O2/c1-26-20-9-16(29-2)7-8-17(20)21-22(26)19(11-28)25-12-23(21)13-27(14-23)10-15-5-3-4-6-18(15)24/h3-9,19,25,28H,10-14H2,1-2H3/t19-/m0/s1. The normalized spacial score (nSPS) is 20.6. The number of nitrogens with one attached hydrogen (secondary N) is 1. The van der Waals surface area contributed by atoms with Gasteiger partial charge in [0, 0.05) is 61.4 Å². The minimum Gasteiger partial charge on any atom is -0.497 e. The molecule has 0 aliphatic carbocycles. The molecule has 29 heavy (non-hydrogen) atoms. The lowest BCUT2D eigenvalue weighted by Crippen LogP contribution is -2.65. The van der Waals surface area contributed by atoms with Gasteiger partial charge in [0.1, 0.15) is 11.6 Å². The Morgan fingerprint density at radius 1 is 1.24 bits per heavy atom. The number of aromatic nitrogens is 1. The van der Waals surface area contributed by atoms with Gasteiger partial charge >= 0.3 is 0 Å². The summed E-state index contributed by atoms with van der Waals surface area (Å²) in [4.78, 5) is 2.30. The van der Waals surface area contributed by atoms with Crippen LogP contribution in [0.2, 0.25) is 0 Å². The third kappa shape index (κ3) is 2.78. The molecule has 0 unspecified atom stereocenters. The number of methoxy groups -OCH3 is 1. The van der Waals surface area contributed by atoms with Crippen molar-refractivity contribution in [3.63, 3.8) is 0 Å². The van der Waals surface area contributed by atoms with Crippen molar-refractivity contribution >= 4 is 10.9 Å². The molecule has 5 nitrogen and oxygen atoms in total. The van der Waals surface area contributed by atoms with Crippen molar-refractivity contribution in [2.45, 2.75) is 18.0 Å². The van der Waals surface area contributed by atoms with Crippen LogP contribution in [0, 0.1) is 5.82 Å². The Kier molecular flexibility index (Phi) is 4.38. The molecule has 0 amide bonds. The second-order valence-electron chi connectivity index (χ2n) is 8.34. The van der Waals surface area contributed by atoms with Gasteiger partial charge < -0.3 is 19.7 Å². The molecule has 152 valence electrons. The smallest absolute Gasteiger partial charge is 0.127 e. The number of likely N-dealkylation sites (tertiary alicyclic amines) is 1. The first kappa shape index (κ1) is 18.6. The van der Waals surface area contributed by atoms with Crippen LogP contribution in [0.1, 0.15) is 22.9 Å². The van der Waals surface area contributed by atoms with E-state index in [1.807, 2.05) is 18.2 Å². The summed E-state index contributed by atoms with van der Waals surface area (Å²) in [5, 5.41) is 14.7. The van der Waals surface area contributed by atoms with Gasteiger partial charge in [-0.25, -0.2) is 4.39 Å². The maximum Gasteiger partial charge on any atom is 0.127 e. The van der Waals surface area contributed by atoms with Crippen LogP contribution in [-0.4, -0.2) is 47.9 Å². The Morgan fingerprint density at radius 3 is 2.76 bits per heavy atom. The van der Waals surface area contributed by atoms with E-state index in [4.69, 9.17) is 4.74 Å². The molecule has 1 fully saturated rings. The number of aliphatic hydroxyl groups is 1. The van der Waals surface area contributed by atoms with Crippen LogP contribution in [0.25, 0.3) is 10.9 Å². The lowest BCUT2D eigenvalue weighted by molar-refractivity contribution is 0.0435. The van der Waals surface area contributed by atoms with Crippen LogP contribution >= 0.6 is 0 Å². The number of halogens is 1. The molecule has 1 aromatic heterocycles. The van der Waals surface area contributed by atoms with Gasteiger partial charge in [-0.1, -0.05) is 18.2 Å². The average molecular weight is 395 g/mol. The van der Waals surface area contributed by atoms with Crippen LogP contribution in [0.5, 0.6) is 5.75 Å². The van der Waals surface area contributed by atoms with Gasteiger partial charge in [-0.15, -0.1) is 0 Å². The SMILES string of the molecule is COc1ccc2c3c(n(C)c2c1)[C@H](CO)NCC31CN(Cc2ccccc2F)C1. The van der Waals surface area contributed by atoms with Gasteiger partial charge in [0.15, 0.2) is 0 Å². The molecule has 3 aromatic rings. The third-order valence-corrected chi connectivity index (χ3v) is 6.59. The molecular formula is C23H26FN3O2. The fourth-order valence-electron chi connectivity index (χ4n) is 5.24. The minimum absolute atomic E-state index is 0.0274. The first-order chi connectivity index (χ1) is 14.1. The van der Waals surface area contributed by atoms with E-state index in [1.165, 1.54) is 17.0 Å². The largest absolute Gasteiger partial charge is 0.497 e. The van der Waals surface area contributed by atoms with Crippen molar-refractivity contribution in [2.24, 2.45) is 7.05 Å². The summed E-state index contributed by atoms with van der Waals surface area (Å²) < 4.78 is 21.7. The Hall–Kier alpha value is -2.41. The summed E-state index contributed by atoms with van der Waals surface area (Å²) in [6.07, 6.45) is 0. The molecule has 2 N–H and O–H groups in total. The van der Waals surface area contributed by atoms with E-state index < -0.39 is 0 Å². The van der Waals surface area contributed by atoms with E-state index >= 15 is 0 Å². The number of fused-ring (bicyclic) bond motifs is 4. The molecule has 2 aliphatic rings. The topological polar surface area (TPSA) is 49.7 Å². The summed E-state index contributed by atoms with van der Waals surface area (Å²) in [6, 6.07) is 13.1. The molecule has 6 heteroatoms. The maximum absolute atomic E-state index is 14.1. The predicted octanol–water partition coefficient (Wildman–Crippen LogP) is 2.72. The summed E-state index contributed by atoms with van der Waals surface area (Å²) in [7, 11) is 3.73. The molecule has 1 atom stereocenters. The molecule has 0 bridgehead atoms. The number of nitrogens with zero attached hydrogens (tertiary/aromatic N) is 2. The predicted molar refractivity (Wildman–Crippen MR) is 111 cm³/mol. The Bertz CT molecular complexity index is 1070. The lowest BCUT2D eigenvalue weighted by Gasteiger charge is -2.54. The highest BCUT2D eigenvalue weighted by atomic mass is 19.1. The molecule has 1 saturated heterocycles. The van der Waals surface area contributed by atoms with Gasteiger partial charge in [0.2, 0.25) is 0 Å². The van der Waals surface area contributed by atoms with Crippen molar-refractivity contribution in [1.82, 2.24) is 14.8 Å². The summed E-state index contributed by atoms with van der Waals surface area (Å²) in [5.41, 5.74) is 4.29. The molecule has 2 aliphatic heterocycles. The maximum atomic E-state index is 14.1. The fourth-order valence-corrected chi connectivity index (χ4v) is 5.24. The first-order valence-corrected chi connectivity index (χ1v) is 10.0. The summed E-state index contributed by atoms with van der Waals surface area (Å²) in [5.74, 6) is 0.682. The quantitative estimate of drug-likeness (QED) is 0.713. The summed E-state index contributed by atoms with van der Waals surface area (Å²) in [6.45, 7) is 3.22.